The second kappa shape index (κ2) is 10.2. The fourth-order valence-corrected chi connectivity index (χ4v) is 3.99. The van der Waals surface area contributed by atoms with E-state index in [2.05, 4.69) is 98.1 Å². The van der Waals surface area contributed by atoms with Crippen LogP contribution in [0.5, 0.6) is 0 Å². The fraction of sp³-hybridized carbons (Fsp3) is 0.259. The lowest BCUT2D eigenvalue weighted by molar-refractivity contribution is -0.0121. The standard InChI is InChI=1S/C27H31NO/c1-4-26(28(5-2)6-3)22-29-27(23-16-10-7-11-17-23,24-18-12-8-13-19-24)25-20-14-9-15-21-25/h4,7-21,26H,1,5-6,22H2,2-3H3. The van der Waals surface area contributed by atoms with E-state index < -0.39 is 5.60 Å². The minimum absolute atomic E-state index is 0.153. The smallest absolute Gasteiger partial charge is 0.143 e. The summed E-state index contributed by atoms with van der Waals surface area (Å²) in [6, 6.07) is 31.7. The van der Waals surface area contributed by atoms with E-state index in [9.17, 15) is 0 Å². The molecule has 0 aliphatic heterocycles. The zero-order valence-electron chi connectivity index (χ0n) is 17.5. The highest BCUT2D eigenvalue weighted by Gasteiger charge is 2.38. The third kappa shape index (κ3) is 4.50. The summed E-state index contributed by atoms with van der Waals surface area (Å²) < 4.78 is 6.91. The number of benzene rings is 3. The molecule has 0 aromatic heterocycles. The molecule has 0 N–H and O–H groups in total. The van der Waals surface area contributed by atoms with Gasteiger partial charge >= 0.3 is 0 Å². The van der Waals surface area contributed by atoms with Crippen LogP contribution in [0.2, 0.25) is 0 Å². The normalized spacial score (nSPS) is 12.7. The van der Waals surface area contributed by atoms with Gasteiger partial charge < -0.3 is 4.74 Å². The highest BCUT2D eigenvalue weighted by molar-refractivity contribution is 5.47. The van der Waals surface area contributed by atoms with Gasteiger partial charge in [0.1, 0.15) is 5.60 Å². The van der Waals surface area contributed by atoms with E-state index in [1.54, 1.807) is 0 Å². The highest BCUT2D eigenvalue weighted by atomic mass is 16.5. The van der Waals surface area contributed by atoms with Crippen molar-refractivity contribution in [2.45, 2.75) is 25.5 Å². The van der Waals surface area contributed by atoms with Gasteiger partial charge in [0.15, 0.2) is 0 Å². The van der Waals surface area contributed by atoms with Crippen LogP contribution in [-0.2, 0) is 10.3 Å². The van der Waals surface area contributed by atoms with E-state index in [1.165, 1.54) is 0 Å². The zero-order chi connectivity index (χ0) is 20.5. The van der Waals surface area contributed by atoms with Crippen molar-refractivity contribution in [2.24, 2.45) is 0 Å². The molecule has 0 saturated carbocycles. The van der Waals surface area contributed by atoms with Crippen molar-refractivity contribution in [1.29, 1.82) is 0 Å². The van der Waals surface area contributed by atoms with Crippen LogP contribution in [0.3, 0.4) is 0 Å². The van der Waals surface area contributed by atoms with Crippen LogP contribution < -0.4 is 0 Å². The lowest BCUT2D eigenvalue weighted by Crippen LogP contribution is -2.41. The number of rotatable bonds is 10. The summed E-state index contributed by atoms with van der Waals surface area (Å²) in [5, 5.41) is 0. The van der Waals surface area contributed by atoms with Crippen LogP contribution in [0, 0.1) is 0 Å². The molecule has 0 aliphatic rings. The summed E-state index contributed by atoms with van der Waals surface area (Å²) in [4.78, 5) is 2.37. The Balaban J connectivity index is 2.13. The molecule has 3 aromatic carbocycles. The molecule has 0 bridgehead atoms. The second-order valence-corrected chi connectivity index (χ2v) is 7.11. The molecule has 0 fully saturated rings. The van der Waals surface area contributed by atoms with Gasteiger partial charge in [-0.2, -0.15) is 0 Å². The van der Waals surface area contributed by atoms with Gasteiger partial charge in [0.05, 0.1) is 12.6 Å². The summed E-state index contributed by atoms with van der Waals surface area (Å²) in [7, 11) is 0. The molecule has 2 heteroatoms. The Morgan fingerprint density at radius 3 is 1.45 bits per heavy atom. The Morgan fingerprint density at radius 1 is 0.759 bits per heavy atom. The van der Waals surface area contributed by atoms with Gasteiger partial charge in [0, 0.05) is 0 Å². The third-order valence-electron chi connectivity index (χ3n) is 5.57. The molecule has 150 valence electrons. The maximum absolute atomic E-state index is 6.91. The van der Waals surface area contributed by atoms with E-state index in [1.807, 2.05) is 24.3 Å². The lowest BCUT2D eigenvalue weighted by Gasteiger charge is -2.38. The molecular weight excluding hydrogens is 354 g/mol. The van der Waals surface area contributed by atoms with Crippen molar-refractivity contribution < 1.29 is 4.74 Å². The first kappa shape index (κ1) is 21.0. The van der Waals surface area contributed by atoms with Gasteiger partial charge in [-0.1, -0.05) is 111 Å². The second-order valence-electron chi connectivity index (χ2n) is 7.11. The van der Waals surface area contributed by atoms with Gasteiger partial charge in [0.25, 0.3) is 0 Å². The van der Waals surface area contributed by atoms with Crippen LogP contribution in [0.1, 0.15) is 30.5 Å². The van der Waals surface area contributed by atoms with Crippen LogP contribution >= 0.6 is 0 Å². The molecule has 1 atom stereocenters. The molecule has 2 nitrogen and oxygen atoms in total. The molecule has 3 aromatic rings. The van der Waals surface area contributed by atoms with E-state index in [0.29, 0.717) is 6.61 Å². The van der Waals surface area contributed by atoms with Crippen molar-refractivity contribution in [2.75, 3.05) is 19.7 Å². The molecular formula is C27H31NO. The highest BCUT2D eigenvalue weighted by Crippen LogP contribution is 2.40. The Kier molecular flexibility index (Phi) is 7.40. The Hall–Kier alpha value is -2.68. The Labute approximate surface area is 175 Å². The minimum atomic E-state index is -0.682. The summed E-state index contributed by atoms with van der Waals surface area (Å²) in [5.41, 5.74) is 2.69. The zero-order valence-corrected chi connectivity index (χ0v) is 17.5. The molecule has 0 saturated heterocycles. The first-order chi connectivity index (χ1) is 14.3. The fourth-order valence-electron chi connectivity index (χ4n) is 3.99. The summed E-state index contributed by atoms with van der Waals surface area (Å²) in [6.07, 6.45) is 2.00. The first-order valence-corrected chi connectivity index (χ1v) is 10.4. The van der Waals surface area contributed by atoms with Crippen LogP contribution in [-0.4, -0.2) is 30.6 Å². The molecule has 0 heterocycles. The monoisotopic (exact) mass is 385 g/mol. The van der Waals surface area contributed by atoms with Gasteiger partial charge in [-0.15, -0.1) is 6.58 Å². The Bertz CT molecular complexity index is 760. The molecule has 0 radical (unpaired) electrons. The average Bonchev–Trinajstić information content (AvgIpc) is 2.81. The molecule has 3 rings (SSSR count). The number of ether oxygens (including phenoxy) is 1. The van der Waals surface area contributed by atoms with E-state index in [0.717, 1.165) is 29.8 Å². The molecule has 29 heavy (non-hydrogen) atoms. The van der Waals surface area contributed by atoms with Crippen LogP contribution in [0.25, 0.3) is 0 Å². The number of hydrogen-bond acceptors (Lipinski definition) is 2. The predicted molar refractivity (Wildman–Crippen MR) is 122 cm³/mol. The lowest BCUT2D eigenvalue weighted by atomic mass is 9.80. The van der Waals surface area contributed by atoms with Crippen molar-refractivity contribution in [3.8, 4) is 0 Å². The summed E-state index contributed by atoms with van der Waals surface area (Å²) >= 11 is 0. The number of nitrogens with zero attached hydrogens (tertiary/aromatic N) is 1. The Morgan fingerprint density at radius 2 is 1.14 bits per heavy atom. The van der Waals surface area contributed by atoms with Crippen LogP contribution in [0.15, 0.2) is 104 Å². The maximum Gasteiger partial charge on any atom is 0.143 e. The molecule has 0 aliphatic carbocycles. The minimum Gasteiger partial charge on any atom is -0.359 e. The molecule has 1 unspecified atom stereocenters. The number of likely N-dealkylation sites (N-methyl/N-ethyl adjacent to an activating group) is 1. The maximum atomic E-state index is 6.91. The van der Waals surface area contributed by atoms with Gasteiger partial charge in [0.2, 0.25) is 0 Å². The van der Waals surface area contributed by atoms with Gasteiger partial charge in [-0.05, 0) is 29.8 Å². The predicted octanol–water partition coefficient (Wildman–Crippen LogP) is 5.89. The van der Waals surface area contributed by atoms with Crippen molar-refractivity contribution in [1.82, 2.24) is 4.90 Å². The SMILES string of the molecule is C=CC(COC(c1ccccc1)(c1ccccc1)c1ccccc1)N(CC)CC. The van der Waals surface area contributed by atoms with Crippen molar-refractivity contribution in [3.05, 3.63) is 120 Å². The molecule has 0 amide bonds. The average molecular weight is 386 g/mol. The molecule has 0 spiro atoms. The largest absolute Gasteiger partial charge is 0.359 e. The van der Waals surface area contributed by atoms with E-state index in [4.69, 9.17) is 4.74 Å². The van der Waals surface area contributed by atoms with Crippen LogP contribution in [0.4, 0.5) is 0 Å². The van der Waals surface area contributed by atoms with E-state index in [-0.39, 0.29) is 6.04 Å². The third-order valence-corrected chi connectivity index (χ3v) is 5.57. The quantitative estimate of drug-likeness (QED) is 0.319. The summed E-state index contributed by atoms with van der Waals surface area (Å²) in [6.45, 7) is 10.9. The van der Waals surface area contributed by atoms with E-state index >= 15 is 0 Å². The van der Waals surface area contributed by atoms with Crippen molar-refractivity contribution in [3.63, 3.8) is 0 Å². The summed E-state index contributed by atoms with van der Waals surface area (Å²) in [5.74, 6) is 0. The van der Waals surface area contributed by atoms with Gasteiger partial charge in [-0.25, -0.2) is 0 Å². The van der Waals surface area contributed by atoms with Crippen molar-refractivity contribution >= 4 is 0 Å². The topological polar surface area (TPSA) is 12.5 Å². The van der Waals surface area contributed by atoms with Gasteiger partial charge in [-0.3, -0.25) is 4.90 Å². The number of hydrogen-bond donors (Lipinski definition) is 0. The first-order valence-electron chi connectivity index (χ1n) is 10.4.